The predicted octanol–water partition coefficient (Wildman–Crippen LogP) is 2.75. The maximum Gasteiger partial charge on any atom is 0.284 e. The van der Waals surface area contributed by atoms with Crippen LogP contribution in [0.1, 0.15) is 61.0 Å². The molecular formula is C25H32N4O5S2. The fourth-order valence-corrected chi connectivity index (χ4v) is 7.16. The van der Waals surface area contributed by atoms with Gasteiger partial charge >= 0.3 is 0 Å². The molecule has 2 amide bonds. The van der Waals surface area contributed by atoms with Gasteiger partial charge in [-0.2, -0.15) is 8.42 Å². The second-order valence-corrected chi connectivity index (χ2v) is 12.1. The van der Waals surface area contributed by atoms with Crippen molar-refractivity contribution < 1.29 is 22.8 Å². The number of hydrogen-bond acceptors (Lipinski definition) is 8. The fourth-order valence-electron chi connectivity index (χ4n) is 4.97. The molecule has 0 aromatic carbocycles. The molecule has 194 valence electrons. The third-order valence-corrected chi connectivity index (χ3v) is 9.40. The van der Waals surface area contributed by atoms with Gasteiger partial charge < -0.3 is 10.6 Å². The monoisotopic (exact) mass is 532 g/mol. The Bertz CT molecular complexity index is 1150. The number of rotatable bonds is 8. The molecular weight excluding hydrogens is 500 g/mol. The van der Waals surface area contributed by atoms with Crippen LogP contribution in [-0.4, -0.2) is 60.5 Å². The largest absolute Gasteiger partial charge is 0.339 e. The number of aromatic nitrogens is 1. The molecule has 1 saturated heterocycles. The standard InChI is InChI=1S/C25H32N4O5S2/c30-21-17-26-13-6-10-20(21)29(36(33,34)23-12-4-5-14-27-23)25(32)19(16-18-8-2-1-3-9-18)28-24(31)22-11-7-15-35-22/h4-5,7,11-12,14-15,18-20,26H,1-3,6,8-10,13,16-17H2,(H,28,31)/t19?,20-/m0/s1. The summed E-state index contributed by atoms with van der Waals surface area (Å²) in [5.74, 6) is -1.40. The number of nitrogens with zero attached hydrogens (tertiary/aromatic N) is 2. The van der Waals surface area contributed by atoms with E-state index in [0.29, 0.717) is 28.6 Å². The number of carbonyl (C=O) groups excluding carboxylic acids is 3. The minimum absolute atomic E-state index is 0.0268. The summed E-state index contributed by atoms with van der Waals surface area (Å²) in [6.45, 7) is 0.523. The van der Waals surface area contributed by atoms with E-state index in [4.69, 9.17) is 0 Å². The van der Waals surface area contributed by atoms with Gasteiger partial charge in [0, 0.05) is 6.20 Å². The van der Waals surface area contributed by atoms with Gasteiger partial charge in [0.25, 0.3) is 21.8 Å². The lowest BCUT2D eigenvalue weighted by Crippen LogP contribution is -2.57. The molecule has 0 bridgehead atoms. The van der Waals surface area contributed by atoms with E-state index in [1.165, 1.54) is 29.7 Å². The zero-order chi connectivity index (χ0) is 25.5. The van der Waals surface area contributed by atoms with Crippen molar-refractivity contribution in [3.05, 3.63) is 46.8 Å². The van der Waals surface area contributed by atoms with Gasteiger partial charge in [0.15, 0.2) is 10.8 Å². The normalized spacial score (nSPS) is 20.3. The van der Waals surface area contributed by atoms with Crippen LogP contribution < -0.4 is 10.6 Å². The molecule has 1 aliphatic carbocycles. The first-order valence-corrected chi connectivity index (χ1v) is 14.8. The average molecular weight is 533 g/mol. The van der Waals surface area contributed by atoms with Crippen LogP contribution in [0.5, 0.6) is 0 Å². The molecule has 2 aliphatic rings. The molecule has 2 aromatic rings. The molecule has 1 aliphatic heterocycles. The number of thiophene rings is 1. The molecule has 36 heavy (non-hydrogen) atoms. The first-order chi connectivity index (χ1) is 17.4. The molecule has 0 radical (unpaired) electrons. The number of hydrogen-bond donors (Lipinski definition) is 2. The second-order valence-electron chi connectivity index (χ2n) is 9.35. The number of sulfonamides is 1. The van der Waals surface area contributed by atoms with E-state index in [1.54, 1.807) is 23.6 Å². The van der Waals surface area contributed by atoms with E-state index in [1.807, 2.05) is 0 Å². The van der Waals surface area contributed by atoms with Crippen molar-refractivity contribution in [3.8, 4) is 0 Å². The molecule has 2 fully saturated rings. The summed E-state index contributed by atoms with van der Waals surface area (Å²) in [6, 6.07) is 5.58. The zero-order valence-corrected chi connectivity index (χ0v) is 21.7. The van der Waals surface area contributed by atoms with Crippen molar-refractivity contribution in [1.82, 2.24) is 19.9 Å². The lowest BCUT2D eigenvalue weighted by Gasteiger charge is -2.34. The summed E-state index contributed by atoms with van der Waals surface area (Å²) in [4.78, 5) is 44.6. The highest BCUT2D eigenvalue weighted by Crippen LogP contribution is 2.30. The highest BCUT2D eigenvalue weighted by atomic mass is 32.2. The Balaban J connectivity index is 1.72. The summed E-state index contributed by atoms with van der Waals surface area (Å²) in [6.07, 6.45) is 7.43. The van der Waals surface area contributed by atoms with Crippen molar-refractivity contribution in [1.29, 1.82) is 0 Å². The van der Waals surface area contributed by atoms with Crippen molar-refractivity contribution in [2.24, 2.45) is 5.92 Å². The van der Waals surface area contributed by atoms with Gasteiger partial charge in [0.1, 0.15) is 12.1 Å². The van der Waals surface area contributed by atoms with Gasteiger partial charge in [0.05, 0.1) is 11.4 Å². The SMILES string of the molecule is O=C(NC(CC1CCCCC1)C(=O)N([C@H]1CCCNCC1=O)S(=O)(=O)c1ccccn1)c1cccs1. The second kappa shape index (κ2) is 12.1. The molecule has 2 aromatic heterocycles. The number of carbonyl (C=O) groups is 3. The summed E-state index contributed by atoms with van der Waals surface area (Å²) in [7, 11) is -4.45. The van der Waals surface area contributed by atoms with Crippen LogP contribution in [0.2, 0.25) is 0 Å². The first-order valence-electron chi connectivity index (χ1n) is 12.4. The summed E-state index contributed by atoms with van der Waals surface area (Å²) >= 11 is 1.25. The summed E-state index contributed by atoms with van der Waals surface area (Å²) < 4.78 is 28.3. The Hall–Kier alpha value is -2.63. The lowest BCUT2D eigenvalue weighted by molar-refractivity contribution is -0.135. The highest BCUT2D eigenvalue weighted by Gasteiger charge is 2.43. The molecule has 1 unspecified atom stereocenters. The third kappa shape index (κ3) is 6.19. The Kier molecular flexibility index (Phi) is 8.86. The van der Waals surface area contributed by atoms with E-state index >= 15 is 0 Å². The Labute approximate surface area is 215 Å². The van der Waals surface area contributed by atoms with Crippen LogP contribution in [0.15, 0.2) is 46.9 Å². The van der Waals surface area contributed by atoms with Gasteiger partial charge in [-0.25, -0.2) is 9.29 Å². The molecule has 11 heteroatoms. The van der Waals surface area contributed by atoms with Gasteiger partial charge in [0.2, 0.25) is 0 Å². The maximum absolute atomic E-state index is 14.1. The van der Waals surface area contributed by atoms with Gasteiger partial charge in [-0.05, 0) is 55.3 Å². The van der Waals surface area contributed by atoms with E-state index < -0.39 is 33.9 Å². The molecule has 2 N–H and O–H groups in total. The van der Waals surface area contributed by atoms with Crippen LogP contribution in [0.4, 0.5) is 0 Å². The number of pyridine rings is 1. The lowest BCUT2D eigenvalue weighted by atomic mass is 9.84. The molecule has 0 spiro atoms. The van der Waals surface area contributed by atoms with Crippen LogP contribution >= 0.6 is 11.3 Å². The van der Waals surface area contributed by atoms with Crippen molar-refractivity contribution in [3.63, 3.8) is 0 Å². The Morgan fingerprint density at radius 3 is 2.61 bits per heavy atom. The van der Waals surface area contributed by atoms with Gasteiger partial charge in [-0.3, -0.25) is 14.4 Å². The number of Topliss-reactive ketones (excluding diaryl/α,β-unsaturated/α-hetero) is 1. The van der Waals surface area contributed by atoms with Crippen LogP contribution in [0, 0.1) is 5.92 Å². The minimum Gasteiger partial charge on any atom is -0.339 e. The van der Waals surface area contributed by atoms with Crippen molar-refractivity contribution >= 4 is 39.0 Å². The van der Waals surface area contributed by atoms with E-state index in [-0.39, 0.29) is 29.7 Å². The van der Waals surface area contributed by atoms with Crippen LogP contribution in [0.3, 0.4) is 0 Å². The number of ketones is 1. The minimum atomic E-state index is -4.45. The third-order valence-electron chi connectivity index (χ3n) is 6.81. The molecule has 3 heterocycles. The predicted molar refractivity (Wildman–Crippen MR) is 136 cm³/mol. The maximum atomic E-state index is 14.1. The number of amides is 2. The molecule has 1 saturated carbocycles. The van der Waals surface area contributed by atoms with Crippen molar-refractivity contribution in [2.75, 3.05) is 13.1 Å². The van der Waals surface area contributed by atoms with E-state index in [9.17, 15) is 22.8 Å². The molecule has 4 rings (SSSR count). The first kappa shape index (κ1) is 26.4. The zero-order valence-electron chi connectivity index (χ0n) is 20.1. The van der Waals surface area contributed by atoms with Crippen LogP contribution in [0.25, 0.3) is 0 Å². The Morgan fingerprint density at radius 1 is 1.11 bits per heavy atom. The summed E-state index contributed by atoms with van der Waals surface area (Å²) in [5, 5.41) is 7.26. The van der Waals surface area contributed by atoms with Gasteiger partial charge in [-0.15, -0.1) is 11.3 Å². The molecule has 2 atom stereocenters. The number of nitrogens with one attached hydrogen (secondary N) is 2. The average Bonchev–Trinajstić information content (AvgIpc) is 3.35. The molecule has 9 nitrogen and oxygen atoms in total. The Morgan fingerprint density at radius 2 is 1.92 bits per heavy atom. The highest BCUT2D eigenvalue weighted by molar-refractivity contribution is 7.89. The van der Waals surface area contributed by atoms with E-state index in [0.717, 1.165) is 32.1 Å². The van der Waals surface area contributed by atoms with E-state index in [2.05, 4.69) is 15.6 Å². The smallest absolute Gasteiger partial charge is 0.284 e. The van der Waals surface area contributed by atoms with Crippen molar-refractivity contribution in [2.45, 2.75) is 68.5 Å². The fraction of sp³-hybridized carbons (Fsp3) is 0.520. The van der Waals surface area contributed by atoms with Gasteiger partial charge in [-0.1, -0.05) is 44.2 Å². The topological polar surface area (TPSA) is 126 Å². The quantitative estimate of drug-likeness (QED) is 0.535. The summed E-state index contributed by atoms with van der Waals surface area (Å²) in [5.41, 5.74) is 0. The van der Waals surface area contributed by atoms with Crippen LogP contribution in [-0.2, 0) is 19.6 Å².